The van der Waals surface area contributed by atoms with Gasteiger partial charge >= 0.3 is 6.18 Å². The Hall–Kier alpha value is -1.37. The molecule has 0 bridgehead atoms. The Morgan fingerprint density at radius 3 is 2.70 bits per heavy atom. The fraction of sp³-hybridized carbons (Fsp3) is 0.583. The second-order valence-electron chi connectivity index (χ2n) is 4.74. The van der Waals surface area contributed by atoms with E-state index in [1.807, 2.05) is 0 Å². The topological polar surface area (TPSA) is 54.9 Å². The van der Waals surface area contributed by atoms with Crippen molar-refractivity contribution >= 4 is 23.3 Å². The van der Waals surface area contributed by atoms with Crippen molar-refractivity contribution < 1.29 is 18.0 Å². The quantitative estimate of drug-likeness (QED) is 0.852. The number of halogens is 4. The molecule has 1 saturated carbocycles. The maximum atomic E-state index is 12.9. The van der Waals surface area contributed by atoms with E-state index in [9.17, 15) is 18.0 Å². The molecular weight excluding hydrogens is 295 g/mol. The molecule has 0 saturated heterocycles. The first kappa shape index (κ1) is 15.0. The third kappa shape index (κ3) is 3.59. The highest BCUT2D eigenvalue weighted by atomic mass is 35.5. The van der Waals surface area contributed by atoms with Crippen molar-refractivity contribution in [1.82, 2.24) is 9.97 Å². The lowest BCUT2D eigenvalue weighted by molar-refractivity contribution is -0.197. The molecule has 2 unspecified atom stereocenters. The standard InChI is InChI=1S/C12H13ClF3N3O/c13-11-17-6-5-9(19-11)18-10(20)7-3-1-2-4-8(7)12(14,15)16/h5-8H,1-4H2,(H,17,18,19,20). The molecule has 1 aliphatic rings. The van der Waals surface area contributed by atoms with Crippen molar-refractivity contribution in [2.75, 3.05) is 5.32 Å². The van der Waals surface area contributed by atoms with Crippen LogP contribution in [-0.4, -0.2) is 22.1 Å². The van der Waals surface area contributed by atoms with Gasteiger partial charge in [-0.3, -0.25) is 4.79 Å². The van der Waals surface area contributed by atoms with Gasteiger partial charge in [0.2, 0.25) is 11.2 Å². The molecule has 2 rings (SSSR count). The first-order chi connectivity index (χ1) is 9.38. The summed E-state index contributed by atoms with van der Waals surface area (Å²) in [6, 6.07) is 1.38. The summed E-state index contributed by atoms with van der Waals surface area (Å²) in [6.45, 7) is 0. The van der Waals surface area contributed by atoms with E-state index in [-0.39, 0.29) is 23.9 Å². The highest BCUT2D eigenvalue weighted by molar-refractivity contribution is 6.28. The molecule has 1 amide bonds. The number of anilines is 1. The third-order valence-corrected chi connectivity index (χ3v) is 3.58. The zero-order valence-electron chi connectivity index (χ0n) is 10.5. The van der Waals surface area contributed by atoms with Crippen LogP contribution >= 0.6 is 11.6 Å². The van der Waals surface area contributed by atoms with Crippen LogP contribution in [0.3, 0.4) is 0 Å². The van der Waals surface area contributed by atoms with Gasteiger partial charge in [-0.25, -0.2) is 9.97 Å². The molecule has 1 aliphatic carbocycles. The van der Waals surface area contributed by atoms with Gasteiger partial charge in [0.25, 0.3) is 0 Å². The minimum Gasteiger partial charge on any atom is -0.310 e. The lowest BCUT2D eigenvalue weighted by Gasteiger charge is -2.31. The summed E-state index contributed by atoms with van der Waals surface area (Å²) < 4.78 is 38.8. The number of aromatic nitrogens is 2. The first-order valence-electron chi connectivity index (χ1n) is 6.24. The van der Waals surface area contributed by atoms with Gasteiger partial charge in [0, 0.05) is 12.1 Å². The molecule has 1 heterocycles. The van der Waals surface area contributed by atoms with Crippen molar-refractivity contribution in [3.63, 3.8) is 0 Å². The SMILES string of the molecule is O=C(Nc1ccnc(Cl)n1)C1CCCCC1C(F)(F)F. The summed E-state index contributed by atoms with van der Waals surface area (Å²) in [6.07, 6.45) is -1.69. The monoisotopic (exact) mass is 307 g/mol. The normalized spacial score (nSPS) is 23.4. The van der Waals surface area contributed by atoms with E-state index in [1.54, 1.807) is 0 Å². The maximum Gasteiger partial charge on any atom is 0.392 e. The van der Waals surface area contributed by atoms with Gasteiger partial charge in [0.05, 0.1) is 5.92 Å². The second kappa shape index (κ2) is 5.95. The van der Waals surface area contributed by atoms with E-state index < -0.39 is 23.9 Å². The Morgan fingerprint density at radius 2 is 2.05 bits per heavy atom. The van der Waals surface area contributed by atoms with Crippen LogP contribution in [0.15, 0.2) is 12.3 Å². The number of rotatable bonds is 2. The molecule has 110 valence electrons. The van der Waals surface area contributed by atoms with Crippen LogP contribution in [0.2, 0.25) is 5.28 Å². The first-order valence-corrected chi connectivity index (χ1v) is 6.62. The van der Waals surface area contributed by atoms with Gasteiger partial charge in [0.1, 0.15) is 5.82 Å². The number of alkyl halides is 3. The zero-order chi connectivity index (χ0) is 14.8. The number of carbonyl (C=O) groups is 1. The summed E-state index contributed by atoms with van der Waals surface area (Å²) in [5.41, 5.74) is 0. The van der Waals surface area contributed by atoms with Crippen LogP contribution in [-0.2, 0) is 4.79 Å². The molecule has 1 aromatic rings. The predicted octanol–water partition coefficient (Wildman–Crippen LogP) is 3.44. The molecule has 4 nitrogen and oxygen atoms in total. The van der Waals surface area contributed by atoms with E-state index in [2.05, 4.69) is 15.3 Å². The van der Waals surface area contributed by atoms with E-state index in [0.717, 1.165) is 0 Å². The summed E-state index contributed by atoms with van der Waals surface area (Å²) in [5.74, 6) is -3.21. The molecule has 8 heteroatoms. The van der Waals surface area contributed by atoms with E-state index >= 15 is 0 Å². The molecule has 1 N–H and O–H groups in total. The average Bonchev–Trinajstić information content (AvgIpc) is 2.37. The molecular formula is C12H13ClF3N3O. The Morgan fingerprint density at radius 1 is 1.35 bits per heavy atom. The van der Waals surface area contributed by atoms with E-state index in [1.165, 1.54) is 12.3 Å². The molecule has 20 heavy (non-hydrogen) atoms. The summed E-state index contributed by atoms with van der Waals surface area (Å²) in [4.78, 5) is 19.4. The number of nitrogens with zero attached hydrogens (tertiary/aromatic N) is 2. The van der Waals surface area contributed by atoms with Crippen LogP contribution in [0.25, 0.3) is 0 Å². The van der Waals surface area contributed by atoms with E-state index in [0.29, 0.717) is 12.8 Å². The van der Waals surface area contributed by atoms with Crippen LogP contribution < -0.4 is 5.32 Å². The summed E-state index contributed by atoms with van der Waals surface area (Å²) in [5, 5.41) is 2.31. The van der Waals surface area contributed by atoms with Crippen molar-refractivity contribution in [2.24, 2.45) is 11.8 Å². The smallest absolute Gasteiger partial charge is 0.310 e. The molecule has 0 aromatic carbocycles. The largest absolute Gasteiger partial charge is 0.392 e. The van der Waals surface area contributed by atoms with Crippen LogP contribution in [0.5, 0.6) is 0 Å². The molecule has 1 aromatic heterocycles. The fourth-order valence-corrected chi connectivity index (χ4v) is 2.61. The van der Waals surface area contributed by atoms with Crippen molar-refractivity contribution in [1.29, 1.82) is 0 Å². The molecule has 0 aliphatic heterocycles. The number of nitrogens with one attached hydrogen (secondary N) is 1. The maximum absolute atomic E-state index is 12.9. The van der Waals surface area contributed by atoms with Crippen molar-refractivity contribution in [3.05, 3.63) is 17.5 Å². The van der Waals surface area contributed by atoms with Gasteiger partial charge in [-0.05, 0) is 30.5 Å². The van der Waals surface area contributed by atoms with Crippen LogP contribution in [0.4, 0.5) is 19.0 Å². The minimum absolute atomic E-state index is 0.00782. The lowest BCUT2D eigenvalue weighted by Crippen LogP contribution is -2.39. The van der Waals surface area contributed by atoms with Crippen LogP contribution in [0, 0.1) is 11.8 Å². The number of hydrogen-bond acceptors (Lipinski definition) is 3. The number of hydrogen-bond donors (Lipinski definition) is 1. The van der Waals surface area contributed by atoms with Gasteiger partial charge < -0.3 is 5.32 Å². The number of carbonyl (C=O) groups excluding carboxylic acids is 1. The third-order valence-electron chi connectivity index (χ3n) is 3.40. The lowest BCUT2D eigenvalue weighted by atomic mass is 9.78. The average molecular weight is 308 g/mol. The van der Waals surface area contributed by atoms with Gasteiger partial charge in [-0.2, -0.15) is 13.2 Å². The van der Waals surface area contributed by atoms with Crippen LogP contribution in [0.1, 0.15) is 25.7 Å². The Bertz CT molecular complexity index is 495. The predicted molar refractivity (Wildman–Crippen MR) is 67.2 cm³/mol. The van der Waals surface area contributed by atoms with Crippen molar-refractivity contribution in [2.45, 2.75) is 31.9 Å². The van der Waals surface area contributed by atoms with Gasteiger partial charge in [-0.1, -0.05) is 12.8 Å². The summed E-state index contributed by atoms with van der Waals surface area (Å²) in [7, 11) is 0. The molecule has 0 spiro atoms. The summed E-state index contributed by atoms with van der Waals surface area (Å²) >= 11 is 5.56. The Balaban J connectivity index is 2.10. The molecule has 1 fully saturated rings. The highest BCUT2D eigenvalue weighted by Crippen LogP contribution is 2.41. The van der Waals surface area contributed by atoms with Crippen molar-refractivity contribution in [3.8, 4) is 0 Å². The van der Waals surface area contributed by atoms with Gasteiger partial charge in [0.15, 0.2) is 0 Å². The second-order valence-corrected chi connectivity index (χ2v) is 5.08. The Labute approximate surface area is 118 Å². The fourth-order valence-electron chi connectivity index (χ4n) is 2.46. The number of amides is 1. The van der Waals surface area contributed by atoms with E-state index in [4.69, 9.17) is 11.6 Å². The molecule has 2 atom stereocenters. The minimum atomic E-state index is -4.36. The van der Waals surface area contributed by atoms with Gasteiger partial charge in [-0.15, -0.1) is 0 Å². The highest BCUT2D eigenvalue weighted by Gasteiger charge is 2.48. The zero-order valence-corrected chi connectivity index (χ0v) is 11.2. The Kier molecular flexibility index (Phi) is 4.47. The molecule has 0 radical (unpaired) electrons.